The van der Waals surface area contributed by atoms with Crippen molar-refractivity contribution < 1.29 is 4.79 Å². The number of guanidine groups is 1. The van der Waals surface area contributed by atoms with E-state index in [4.69, 9.17) is 17.5 Å². The summed E-state index contributed by atoms with van der Waals surface area (Å²) in [6.45, 7) is 4.26. The number of amides is 2. The zero-order valence-electron chi connectivity index (χ0n) is 11.1. The van der Waals surface area contributed by atoms with Gasteiger partial charge in [0.05, 0.1) is 6.54 Å². The zero-order valence-corrected chi connectivity index (χ0v) is 11.1. The van der Waals surface area contributed by atoms with Gasteiger partial charge in [-0.2, -0.15) is 0 Å². The summed E-state index contributed by atoms with van der Waals surface area (Å²) < 4.78 is 0. The normalized spacial score (nSPS) is 10.0. The third kappa shape index (κ3) is 6.24. The fourth-order valence-electron chi connectivity index (χ4n) is 1.13. The Morgan fingerprint density at radius 3 is 2.37 bits per heavy atom. The fraction of sp³-hybridized carbons (Fsp3) is 0.273. The molecule has 1 rings (SSSR count). The number of benzene rings is 1. The van der Waals surface area contributed by atoms with Crippen LogP contribution in [0.25, 0.3) is 0 Å². The molecule has 106 valence electrons. The van der Waals surface area contributed by atoms with Gasteiger partial charge in [0.25, 0.3) is 0 Å². The first-order chi connectivity index (χ1) is 9.17. The Bertz CT molecular complexity index is 393. The molecule has 8 nitrogen and oxygen atoms in total. The van der Waals surface area contributed by atoms with Crippen LogP contribution in [0, 0.1) is 0 Å². The van der Waals surface area contributed by atoms with Crippen LogP contribution in [0.5, 0.6) is 0 Å². The molecule has 0 aliphatic rings. The number of hydrogen-bond donors (Lipinski definition) is 5. The number of nitrogens with two attached hydrogens (primary N) is 3. The Labute approximate surface area is 112 Å². The second-order valence-corrected chi connectivity index (χ2v) is 3.17. The maximum atomic E-state index is 11.5. The molecule has 0 unspecified atom stereocenters. The number of urea groups is 1. The average Bonchev–Trinajstić information content (AvgIpc) is 2.47. The Morgan fingerprint density at radius 1 is 1.32 bits per heavy atom. The van der Waals surface area contributed by atoms with Gasteiger partial charge in [0.15, 0.2) is 0 Å². The largest absolute Gasteiger partial charge is 0.338 e. The van der Waals surface area contributed by atoms with Crippen LogP contribution in [0.15, 0.2) is 35.4 Å². The van der Waals surface area contributed by atoms with Crippen LogP contribution in [0.3, 0.4) is 0 Å². The van der Waals surface area contributed by atoms with Crippen molar-refractivity contribution >= 4 is 12.0 Å². The van der Waals surface area contributed by atoms with Gasteiger partial charge >= 0.3 is 6.03 Å². The summed E-state index contributed by atoms with van der Waals surface area (Å²) in [7, 11) is 0. The summed E-state index contributed by atoms with van der Waals surface area (Å²) in [5, 5.41) is 6.47. The standard InChI is InChI=1S/C9H15N7O.C2H6/c10-14-8(15-11)13-9(17)16(12)6-7-4-2-1-3-5-7;1-2/h1-5H,6,10-12H2,(H2,13,14,15,17);1-2H3. The van der Waals surface area contributed by atoms with Crippen molar-refractivity contribution in [3.05, 3.63) is 35.9 Å². The Balaban J connectivity index is 0.00000154. The molecule has 0 spiro atoms. The van der Waals surface area contributed by atoms with E-state index in [-0.39, 0.29) is 12.5 Å². The quantitative estimate of drug-likeness (QED) is 0.166. The third-order valence-corrected chi connectivity index (χ3v) is 1.95. The monoisotopic (exact) mass is 267 g/mol. The molecular formula is C11H21N7O. The number of hydrazine groups is 2. The number of hydrazone groups is 1. The SMILES string of the molecule is CC.N/N=C(\NN)NC(=O)N(N)Cc1ccccc1. The second-order valence-electron chi connectivity index (χ2n) is 3.17. The summed E-state index contributed by atoms with van der Waals surface area (Å²) in [5.41, 5.74) is 3.01. The van der Waals surface area contributed by atoms with E-state index in [9.17, 15) is 4.79 Å². The van der Waals surface area contributed by atoms with Crippen molar-refractivity contribution in [1.82, 2.24) is 15.8 Å². The van der Waals surface area contributed by atoms with Crippen molar-refractivity contribution in [1.29, 1.82) is 0 Å². The van der Waals surface area contributed by atoms with Crippen LogP contribution in [0.2, 0.25) is 0 Å². The van der Waals surface area contributed by atoms with E-state index >= 15 is 0 Å². The Hall–Kier alpha value is -2.32. The number of nitrogens with one attached hydrogen (secondary N) is 2. The van der Waals surface area contributed by atoms with E-state index < -0.39 is 6.03 Å². The molecule has 8 heteroatoms. The maximum Gasteiger partial charge on any atom is 0.338 e. The number of nitrogens with zero attached hydrogens (tertiary/aromatic N) is 2. The summed E-state index contributed by atoms with van der Waals surface area (Å²) in [6, 6.07) is 8.72. The molecule has 0 saturated carbocycles. The van der Waals surface area contributed by atoms with Gasteiger partial charge in [0.2, 0.25) is 5.96 Å². The van der Waals surface area contributed by atoms with E-state index in [0.29, 0.717) is 0 Å². The van der Waals surface area contributed by atoms with E-state index in [1.54, 1.807) is 0 Å². The van der Waals surface area contributed by atoms with Crippen molar-refractivity contribution in [3.63, 3.8) is 0 Å². The lowest BCUT2D eigenvalue weighted by Crippen LogP contribution is -2.52. The summed E-state index contributed by atoms with van der Waals surface area (Å²) in [4.78, 5) is 11.5. The molecule has 0 radical (unpaired) electrons. The van der Waals surface area contributed by atoms with Gasteiger partial charge in [-0.15, -0.1) is 5.10 Å². The lowest BCUT2D eigenvalue weighted by Gasteiger charge is -2.17. The molecule has 0 bridgehead atoms. The molecule has 19 heavy (non-hydrogen) atoms. The molecule has 0 saturated heterocycles. The van der Waals surface area contributed by atoms with Crippen LogP contribution in [0.4, 0.5) is 4.79 Å². The molecule has 1 aromatic rings. The van der Waals surface area contributed by atoms with Crippen molar-refractivity contribution in [2.45, 2.75) is 20.4 Å². The highest BCUT2D eigenvalue weighted by Crippen LogP contribution is 2.00. The predicted molar refractivity (Wildman–Crippen MR) is 75.0 cm³/mol. The van der Waals surface area contributed by atoms with Gasteiger partial charge in [-0.05, 0) is 5.56 Å². The topological polar surface area (TPSA) is 135 Å². The number of rotatable bonds is 2. The summed E-state index contributed by atoms with van der Waals surface area (Å²) in [6.07, 6.45) is 0. The molecule has 0 aliphatic heterocycles. The van der Waals surface area contributed by atoms with E-state index in [1.807, 2.05) is 44.2 Å². The van der Waals surface area contributed by atoms with Crippen LogP contribution in [0.1, 0.15) is 19.4 Å². The van der Waals surface area contributed by atoms with Crippen LogP contribution >= 0.6 is 0 Å². The first-order valence-corrected chi connectivity index (χ1v) is 5.79. The number of carbonyl (C=O) groups is 1. The van der Waals surface area contributed by atoms with E-state index in [2.05, 4.69) is 15.8 Å². The molecule has 0 heterocycles. The van der Waals surface area contributed by atoms with Gasteiger partial charge in [-0.1, -0.05) is 44.2 Å². The number of hydrogen-bond acceptors (Lipinski definition) is 5. The van der Waals surface area contributed by atoms with Crippen LogP contribution in [-0.2, 0) is 6.54 Å². The molecule has 0 aromatic heterocycles. The van der Waals surface area contributed by atoms with Crippen LogP contribution < -0.4 is 28.3 Å². The lowest BCUT2D eigenvalue weighted by molar-refractivity contribution is 0.201. The van der Waals surface area contributed by atoms with Gasteiger partial charge in [-0.25, -0.2) is 16.5 Å². The van der Waals surface area contributed by atoms with Crippen LogP contribution in [-0.4, -0.2) is 17.0 Å². The van der Waals surface area contributed by atoms with Crippen molar-refractivity contribution in [3.8, 4) is 0 Å². The highest BCUT2D eigenvalue weighted by Gasteiger charge is 2.11. The molecule has 8 N–H and O–H groups in total. The predicted octanol–water partition coefficient (Wildman–Crippen LogP) is -0.209. The molecule has 0 fully saturated rings. The third-order valence-electron chi connectivity index (χ3n) is 1.95. The van der Waals surface area contributed by atoms with Gasteiger partial charge < -0.3 is 5.84 Å². The summed E-state index contributed by atoms with van der Waals surface area (Å²) >= 11 is 0. The molecule has 1 aromatic carbocycles. The molecule has 0 atom stereocenters. The molecule has 2 amide bonds. The molecule has 0 aliphatic carbocycles. The average molecular weight is 267 g/mol. The van der Waals surface area contributed by atoms with Crippen molar-refractivity contribution in [2.24, 2.45) is 22.6 Å². The van der Waals surface area contributed by atoms with Gasteiger partial charge in [0, 0.05) is 0 Å². The smallest absolute Gasteiger partial charge is 0.320 e. The summed E-state index contributed by atoms with van der Waals surface area (Å²) in [5.74, 6) is 15.5. The fourth-order valence-corrected chi connectivity index (χ4v) is 1.13. The van der Waals surface area contributed by atoms with Crippen molar-refractivity contribution in [2.75, 3.05) is 0 Å². The second kappa shape index (κ2) is 9.68. The minimum absolute atomic E-state index is 0.0708. The van der Waals surface area contributed by atoms with E-state index in [1.165, 1.54) is 0 Å². The lowest BCUT2D eigenvalue weighted by atomic mass is 10.2. The Kier molecular flexibility index (Phi) is 8.50. The first kappa shape index (κ1) is 16.7. The minimum Gasteiger partial charge on any atom is -0.320 e. The maximum absolute atomic E-state index is 11.5. The zero-order chi connectivity index (χ0) is 14.7. The highest BCUT2D eigenvalue weighted by atomic mass is 16.2. The molecular weight excluding hydrogens is 246 g/mol. The Morgan fingerprint density at radius 2 is 1.89 bits per heavy atom. The highest BCUT2D eigenvalue weighted by molar-refractivity contribution is 5.95. The van der Waals surface area contributed by atoms with Gasteiger partial charge in [0.1, 0.15) is 0 Å². The van der Waals surface area contributed by atoms with Gasteiger partial charge in [-0.3, -0.25) is 15.8 Å². The van der Waals surface area contributed by atoms with E-state index in [0.717, 1.165) is 10.6 Å². The number of carbonyl (C=O) groups excluding carboxylic acids is 1. The minimum atomic E-state index is -0.573. The first-order valence-electron chi connectivity index (χ1n) is 5.79.